The van der Waals surface area contributed by atoms with Crippen LogP contribution in [0.25, 0.3) is 0 Å². The number of carbonyl (C=O) groups is 1. The Morgan fingerprint density at radius 1 is 1.33 bits per heavy atom. The molecule has 1 rings (SSSR count). The van der Waals surface area contributed by atoms with Crippen LogP contribution in [0.3, 0.4) is 0 Å². The molecule has 2 unspecified atom stereocenters. The Morgan fingerprint density at radius 3 is 2.39 bits per heavy atom. The van der Waals surface area contributed by atoms with Crippen LogP contribution in [0.1, 0.15) is 24.0 Å². The first-order valence-corrected chi connectivity index (χ1v) is 5.21. The summed E-state index contributed by atoms with van der Waals surface area (Å²) in [6.45, 7) is 1.34. The van der Waals surface area contributed by atoms with Crippen molar-refractivity contribution in [2.75, 3.05) is 7.11 Å². The highest BCUT2D eigenvalue weighted by atomic mass is 19.4. The lowest BCUT2D eigenvalue weighted by molar-refractivity contribution is -0.152. The van der Waals surface area contributed by atoms with Crippen molar-refractivity contribution in [2.45, 2.75) is 25.1 Å². The van der Waals surface area contributed by atoms with Crippen LogP contribution >= 0.6 is 0 Å². The SMILES string of the molecule is COC(=O)C(O)C(C)c1ccccc1C(F)(F)F. The fourth-order valence-electron chi connectivity index (χ4n) is 1.65. The number of aliphatic hydroxyl groups excluding tert-OH is 1. The summed E-state index contributed by atoms with van der Waals surface area (Å²) in [7, 11) is 1.06. The fraction of sp³-hybridized carbons (Fsp3) is 0.417. The van der Waals surface area contributed by atoms with E-state index in [1.54, 1.807) is 0 Å². The van der Waals surface area contributed by atoms with Crippen molar-refractivity contribution in [1.82, 2.24) is 0 Å². The average Bonchev–Trinajstić information content (AvgIpc) is 2.35. The molecule has 1 aromatic rings. The Hall–Kier alpha value is -1.56. The molecule has 1 aromatic carbocycles. The van der Waals surface area contributed by atoms with Gasteiger partial charge < -0.3 is 9.84 Å². The van der Waals surface area contributed by atoms with Gasteiger partial charge in [0.05, 0.1) is 12.7 Å². The van der Waals surface area contributed by atoms with Crippen molar-refractivity contribution in [1.29, 1.82) is 0 Å². The van der Waals surface area contributed by atoms with E-state index in [0.29, 0.717) is 0 Å². The lowest BCUT2D eigenvalue weighted by atomic mass is 9.91. The molecule has 100 valence electrons. The number of hydrogen-bond acceptors (Lipinski definition) is 3. The van der Waals surface area contributed by atoms with Crippen LogP contribution in [0.2, 0.25) is 0 Å². The Kier molecular flexibility index (Phi) is 4.34. The number of benzene rings is 1. The van der Waals surface area contributed by atoms with Crippen LogP contribution in [0.5, 0.6) is 0 Å². The van der Waals surface area contributed by atoms with E-state index in [4.69, 9.17) is 0 Å². The maximum atomic E-state index is 12.8. The van der Waals surface area contributed by atoms with Crippen LogP contribution in [-0.2, 0) is 15.7 Å². The molecule has 2 atom stereocenters. The number of ether oxygens (including phenoxy) is 1. The smallest absolute Gasteiger partial charge is 0.416 e. The lowest BCUT2D eigenvalue weighted by Gasteiger charge is -2.21. The van der Waals surface area contributed by atoms with Gasteiger partial charge in [-0.3, -0.25) is 0 Å². The van der Waals surface area contributed by atoms with Gasteiger partial charge in [-0.05, 0) is 11.6 Å². The molecule has 0 aliphatic heterocycles. The Labute approximate surface area is 102 Å². The van der Waals surface area contributed by atoms with E-state index in [1.807, 2.05) is 0 Å². The second-order valence-electron chi connectivity index (χ2n) is 3.84. The van der Waals surface area contributed by atoms with Gasteiger partial charge in [0.15, 0.2) is 6.10 Å². The zero-order valence-corrected chi connectivity index (χ0v) is 9.86. The second kappa shape index (κ2) is 5.39. The summed E-state index contributed by atoms with van der Waals surface area (Å²) in [4.78, 5) is 11.1. The topological polar surface area (TPSA) is 46.5 Å². The van der Waals surface area contributed by atoms with Gasteiger partial charge in [0.25, 0.3) is 0 Å². The van der Waals surface area contributed by atoms with E-state index in [0.717, 1.165) is 13.2 Å². The number of carbonyl (C=O) groups excluding carboxylic acids is 1. The molecule has 0 radical (unpaired) electrons. The summed E-state index contributed by atoms with van der Waals surface area (Å²) < 4.78 is 42.6. The summed E-state index contributed by atoms with van der Waals surface area (Å²) in [6, 6.07) is 4.82. The zero-order valence-electron chi connectivity index (χ0n) is 9.86. The molecular formula is C12H13F3O3. The third-order valence-corrected chi connectivity index (χ3v) is 2.67. The predicted octanol–water partition coefficient (Wildman–Crippen LogP) is 2.34. The van der Waals surface area contributed by atoms with E-state index in [9.17, 15) is 23.1 Å². The molecule has 0 fully saturated rings. The van der Waals surface area contributed by atoms with Crippen molar-refractivity contribution < 1.29 is 27.8 Å². The van der Waals surface area contributed by atoms with E-state index in [2.05, 4.69) is 4.74 Å². The highest BCUT2D eigenvalue weighted by Crippen LogP contribution is 2.36. The predicted molar refractivity (Wildman–Crippen MR) is 57.9 cm³/mol. The van der Waals surface area contributed by atoms with Gasteiger partial charge in [0.2, 0.25) is 0 Å². The first-order valence-electron chi connectivity index (χ1n) is 5.21. The quantitative estimate of drug-likeness (QED) is 0.850. The van der Waals surface area contributed by atoms with Gasteiger partial charge in [0, 0.05) is 5.92 Å². The summed E-state index contributed by atoms with van der Waals surface area (Å²) in [6.07, 6.45) is -6.15. The monoisotopic (exact) mass is 262 g/mol. The largest absolute Gasteiger partial charge is 0.467 e. The molecule has 0 amide bonds. The number of halogens is 3. The van der Waals surface area contributed by atoms with E-state index >= 15 is 0 Å². The Balaban J connectivity index is 3.14. The minimum Gasteiger partial charge on any atom is -0.467 e. The van der Waals surface area contributed by atoms with Gasteiger partial charge in [0.1, 0.15) is 0 Å². The molecule has 0 saturated carbocycles. The van der Waals surface area contributed by atoms with Crippen molar-refractivity contribution in [3.05, 3.63) is 35.4 Å². The summed E-state index contributed by atoms with van der Waals surface area (Å²) in [5.74, 6) is -1.96. The average molecular weight is 262 g/mol. The van der Waals surface area contributed by atoms with Gasteiger partial charge in [-0.1, -0.05) is 25.1 Å². The molecule has 0 aliphatic carbocycles. The minimum absolute atomic E-state index is 0.136. The third kappa shape index (κ3) is 3.01. The first kappa shape index (κ1) is 14.5. The van der Waals surface area contributed by atoms with Crippen LogP contribution in [0.15, 0.2) is 24.3 Å². The molecule has 3 nitrogen and oxygen atoms in total. The Morgan fingerprint density at radius 2 is 1.89 bits per heavy atom. The van der Waals surface area contributed by atoms with Crippen LogP contribution < -0.4 is 0 Å². The Bertz CT molecular complexity index is 429. The second-order valence-corrected chi connectivity index (χ2v) is 3.84. The molecule has 6 heteroatoms. The van der Waals surface area contributed by atoms with E-state index < -0.39 is 29.7 Å². The third-order valence-electron chi connectivity index (χ3n) is 2.67. The van der Waals surface area contributed by atoms with Gasteiger partial charge >= 0.3 is 12.1 Å². The molecule has 0 aliphatic rings. The zero-order chi connectivity index (χ0) is 13.9. The minimum atomic E-state index is -4.53. The summed E-state index contributed by atoms with van der Waals surface area (Å²) in [5.41, 5.74) is -0.997. The number of aliphatic hydroxyl groups is 1. The van der Waals surface area contributed by atoms with Gasteiger partial charge in [-0.25, -0.2) is 4.79 Å². The van der Waals surface area contributed by atoms with E-state index in [1.165, 1.54) is 25.1 Å². The van der Waals surface area contributed by atoms with Crippen molar-refractivity contribution >= 4 is 5.97 Å². The first-order chi connectivity index (χ1) is 8.29. The maximum Gasteiger partial charge on any atom is 0.416 e. The van der Waals surface area contributed by atoms with Crippen molar-refractivity contribution in [2.24, 2.45) is 0 Å². The standard InChI is InChI=1S/C12H13F3O3/c1-7(10(16)11(17)18-2)8-5-3-4-6-9(8)12(13,14)15/h3-7,10,16H,1-2H3. The summed E-state index contributed by atoms with van der Waals surface area (Å²) >= 11 is 0. The van der Waals surface area contributed by atoms with E-state index in [-0.39, 0.29) is 5.56 Å². The number of esters is 1. The number of rotatable bonds is 3. The number of hydrogen-bond donors (Lipinski definition) is 1. The van der Waals surface area contributed by atoms with Crippen LogP contribution in [-0.4, -0.2) is 24.3 Å². The van der Waals surface area contributed by atoms with Crippen molar-refractivity contribution in [3.63, 3.8) is 0 Å². The van der Waals surface area contributed by atoms with Crippen LogP contribution in [0, 0.1) is 0 Å². The molecular weight excluding hydrogens is 249 g/mol. The fourth-order valence-corrected chi connectivity index (χ4v) is 1.65. The van der Waals surface area contributed by atoms with Gasteiger partial charge in [-0.2, -0.15) is 13.2 Å². The lowest BCUT2D eigenvalue weighted by Crippen LogP contribution is -2.29. The molecule has 0 aromatic heterocycles. The normalized spacial score (nSPS) is 15.0. The molecule has 0 heterocycles. The van der Waals surface area contributed by atoms with Gasteiger partial charge in [-0.15, -0.1) is 0 Å². The van der Waals surface area contributed by atoms with Crippen molar-refractivity contribution in [3.8, 4) is 0 Å². The highest BCUT2D eigenvalue weighted by Gasteiger charge is 2.36. The van der Waals surface area contributed by atoms with Crippen LogP contribution in [0.4, 0.5) is 13.2 Å². The molecule has 0 bridgehead atoms. The number of methoxy groups -OCH3 is 1. The molecule has 1 N–H and O–H groups in total. The molecule has 18 heavy (non-hydrogen) atoms. The highest BCUT2D eigenvalue weighted by molar-refractivity contribution is 5.75. The summed E-state index contributed by atoms with van der Waals surface area (Å²) in [5, 5.41) is 9.59. The number of alkyl halides is 3. The maximum absolute atomic E-state index is 12.8. The molecule has 0 spiro atoms. The molecule has 0 saturated heterocycles.